The molecular formula is C72H121N19O21. The van der Waals surface area contributed by atoms with Gasteiger partial charge in [-0.2, -0.15) is 0 Å². The first kappa shape index (κ1) is 96.1. The number of ether oxygens (including phenoxy) is 2. The highest BCUT2D eigenvalue weighted by Crippen LogP contribution is 2.30. The lowest BCUT2D eigenvalue weighted by molar-refractivity contribution is -0.165. The Morgan fingerprint density at radius 1 is 0.670 bits per heavy atom. The van der Waals surface area contributed by atoms with Crippen LogP contribution in [0.5, 0.6) is 5.75 Å². The zero-order valence-electron chi connectivity index (χ0n) is 65.9. The highest BCUT2D eigenvalue weighted by molar-refractivity contribution is 6.00. The maximum absolute atomic E-state index is 15.6. The number of rotatable bonds is 37. The van der Waals surface area contributed by atoms with E-state index in [1.807, 2.05) is 13.8 Å². The van der Waals surface area contributed by atoms with Crippen LogP contribution in [0.15, 0.2) is 34.3 Å². The van der Waals surface area contributed by atoms with Gasteiger partial charge in [-0.15, -0.1) is 0 Å². The van der Waals surface area contributed by atoms with Crippen molar-refractivity contribution >= 4 is 94.7 Å². The first-order valence-electron chi connectivity index (χ1n) is 37.6. The molecule has 0 spiro atoms. The highest BCUT2D eigenvalue weighted by Gasteiger charge is 2.47. The van der Waals surface area contributed by atoms with Crippen molar-refractivity contribution in [2.24, 2.45) is 85.6 Å². The maximum Gasteiger partial charge on any atom is 0.329 e. The third-order valence-corrected chi connectivity index (χ3v) is 20.2. The number of aliphatic imine (C=N–C) groups is 2. The maximum atomic E-state index is 15.6. The van der Waals surface area contributed by atoms with Crippen LogP contribution in [-0.4, -0.2) is 255 Å². The Morgan fingerprint density at radius 3 is 1.82 bits per heavy atom. The molecule has 1 aromatic carbocycles. The summed E-state index contributed by atoms with van der Waals surface area (Å²) < 4.78 is 11.9. The molecule has 2 fully saturated rings. The van der Waals surface area contributed by atoms with E-state index >= 15 is 24.0 Å². The number of esters is 1. The molecule has 21 atom stereocenters. The number of amides is 13. The molecule has 4 unspecified atom stereocenters. The number of phenolic OH excluding ortho intramolecular Hbond substituents is 1. The minimum absolute atomic E-state index is 0.0506. The van der Waals surface area contributed by atoms with Crippen LogP contribution in [0.3, 0.4) is 0 Å². The summed E-state index contributed by atoms with van der Waals surface area (Å²) in [6.45, 7) is 14.6. The molecule has 2 saturated heterocycles. The number of phenols is 1. The minimum atomic E-state index is -2.67. The Bertz CT molecular complexity index is 3450. The van der Waals surface area contributed by atoms with Crippen LogP contribution in [0.1, 0.15) is 164 Å². The predicted molar refractivity (Wildman–Crippen MR) is 406 cm³/mol. The Labute approximate surface area is 651 Å². The Hall–Kier alpha value is -10.1. The number of piperidine rings is 1. The molecule has 0 bridgehead atoms. The summed E-state index contributed by atoms with van der Waals surface area (Å²) >= 11 is 0. The van der Waals surface area contributed by atoms with Crippen LogP contribution in [-0.2, 0) is 76.6 Å². The van der Waals surface area contributed by atoms with E-state index < -0.39 is 223 Å². The number of nitrogens with two attached hydrogens (primary N) is 7. The molecule has 0 aromatic heterocycles. The number of carbonyl (C=O) groups is 14. The number of nitrogens with zero attached hydrogens (tertiary/aromatic N) is 4. The second kappa shape index (κ2) is 46.1. The summed E-state index contributed by atoms with van der Waals surface area (Å²) in [5.74, 6) is -21.7. The van der Waals surface area contributed by atoms with Crippen molar-refractivity contribution in [2.45, 2.75) is 250 Å². The fourth-order valence-electron chi connectivity index (χ4n) is 13.1. The number of cyclic esters (lactones) is 1. The van der Waals surface area contributed by atoms with Gasteiger partial charge in [-0.1, -0.05) is 73.9 Å². The average molecular weight is 1590 g/mol. The molecule has 0 radical (unpaired) electrons. The molecule has 2 aliphatic rings. The smallest absolute Gasteiger partial charge is 0.329 e. The first-order valence-corrected chi connectivity index (χ1v) is 37.6. The summed E-state index contributed by atoms with van der Waals surface area (Å²) in [4.78, 5) is 211. The highest BCUT2D eigenvalue weighted by atomic mass is 16.5. The van der Waals surface area contributed by atoms with Gasteiger partial charge in [-0.25, -0.2) is 4.79 Å². The first-order chi connectivity index (χ1) is 52.4. The molecule has 2 aliphatic heterocycles. The second-order valence-corrected chi connectivity index (χ2v) is 29.6. The molecule has 2 heterocycles. The molecule has 27 N–H and O–H groups in total. The molecule has 40 nitrogen and oxygen atoms in total. The van der Waals surface area contributed by atoms with Gasteiger partial charge in [0.1, 0.15) is 78.4 Å². The molecule has 112 heavy (non-hydrogen) atoms. The van der Waals surface area contributed by atoms with E-state index in [0.717, 1.165) is 30.1 Å². The van der Waals surface area contributed by atoms with E-state index in [9.17, 15) is 68.7 Å². The summed E-state index contributed by atoms with van der Waals surface area (Å²) in [5.41, 5.74) is 39.3. The monoisotopic (exact) mass is 1590 g/mol. The predicted octanol–water partition coefficient (Wildman–Crippen LogP) is -5.66. The molecule has 0 aliphatic carbocycles. The number of aromatic hydroxyl groups is 1. The Balaban J connectivity index is 2.37. The summed E-state index contributed by atoms with van der Waals surface area (Å²) in [6.07, 6.45) is -12.7. The number of hydrogen-bond donors (Lipinski definition) is 20. The van der Waals surface area contributed by atoms with E-state index in [1.165, 1.54) is 59.2 Å². The van der Waals surface area contributed by atoms with E-state index in [4.69, 9.17) is 49.6 Å². The number of carbonyl (C=O) groups excluding carboxylic acids is 14. The number of aliphatic hydroxyl groups excluding tert-OH is 4. The Kier molecular flexibility index (Phi) is 39.5. The van der Waals surface area contributed by atoms with Crippen LogP contribution < -0.4 is 82.7 Å². The van der Waals surface area contributed by atoms with Crippen LogP contribution in [0.25, 0.3) is 0 Å². The van der Waals surface area contributed by atoms with Gasteiger partial charge in [0.25, 0.3) is 5.91 Å². The standard InChI is InChI=1S/C72H121N19O21/c1-13-34(4)31-35(5)55(96)38(8)60(100)84-45(32-50(74)95)62(102)82-43(18-16-27-80-71(76)77)56(97)57(98)67(107)86-51(36(6)37(7)59(75)99)64(104)88-53-40(10)112-70(110)48-20-14-15-29-91(48)69(109)54(58(111-12)41-21-23-42(93)24-22-41)89-63(103)47(25-26-49(73)94)90(11)68(108)46(30-33(2)3)85-61(101)44(19-17-28-81-72(78)79)83-65(105)52(39(9)92)87-66(53)106/h21-24,33-40,43-48,51-58,92-93,96-98H,13-20,25-32H2,1-12H3,(H2,73,94)(H2,74,95)(H2,75,99)(H,82,102)(H,83,105)(H,84,100)(H,85,101)(H,86,107)(H,87,106)(H,88,104)(H,89,103)(H4,76,77,80)(H4,78,79,81)/t34?,35-,36?,37?,38-,39-,40-,43+,44-,45+,46+,47+,48+,51?,52-,53-,54-,55-,56-,57-,58-/m1/s1. The van der Waals surface area contributed by atoms with Crippen molar-refractivity contribution in [3.8, 4) is 5.75 Å². The van der Waals surface area contributed by atoms with Gasteiger partial charge < -0.3 is 127 Å². The van der Waals surface area contributed by atoms with Crippen molar-refractivity contribution in [1.29, 1.82) is 0 Å². The van der Waals surface area contributed by atoms with Crippen LogP contribution in [0.2, 0.25) is 0 Å². The number of likely N-dealkylation sites (N-methyl/N-ethyl adjacent to an activating group) is 1. The fourth-order valence-corrected chi connectivity index (χ4v) is 13.1. The molecule has 1 aromatic rings. The van der Waals surface area contributed by atoms with E-state index in [0.29, 0.717) is 6.42 Å². The number of primary amides is 3. The van der Waals surface area contributed by atoms with Crippen molar-refractivity contribution in [3.63, 3.8) is 0 Å². The van der Waals surface area contributed by atoms with Gasteiger partial charge in [0.2, 0.25) is 70.9 Å². The topological polar surface area (TPSA) is 668 Å². The quantitative estimate of drug-likeness (QED) is 0.0128. The third-order valence-electron chi connectivity index (χ3n) is 20.2. The van der Waals surface area contributed by atoms with E-state index in [-0.39, 0.29) is 106 Å². The van der Waals surface area contributed by atoms with Crippen molar-refractivity contribution < 1.29 is 102 Å². The SMILES string of the molecule is CCC(C)C[C@@H](C)[C@@H](O)[C@@H](C)C(=O)N[C@@H](CC(N)=O)C(=O)N[C@@H](CCCN=C(N)N)[C@@H](O)[C@@H](O)C(=O)NC(C(=O)N[C@H]1C(=O)N[C@H]([C@@H](C)O)C(=O)N[C@H](CCCN=C(N)N)C(=O)N[C@@H](CC(C)C)C(=O)N(C)[C@@H](CCC(N)=O)C(=O)N[C@H]([C@H](OC)c2ccc(O)cc2)C(=O)N2CCCC[C@H]2C(=O)O[C@@H]1C)C(C)C(C)C(N)=O. The number of guanidine groups is 2. The van der Waals surface area contributed by atoms with Crippen molar-refractivity contribution in [1.82, 2.24) is 52.3 Å². The van der Waals surface area contributed by atoms with Gasteiger partial charge in [0.15, 0.2) is 18.0 Å². The lowest BCUT2D eigenvalue weighted by Crippen LogP contribution is -2.65. The summed E-state index contributed by atoms with van der Waals surface area (Å²) in [7, 11) is 2.40. The van der Waals surface area contributed by atoms with E-state index in [1.54, 1.807) is 20.8 Å². The molecule has 0 saturated carbocycles. The minimum Gasteiger partial charge on any atom is -0.508 e. The second-order valence-electron chi connectivity index (χ2n) is 29.6. The summed E-state index contributed by atoms with van der Waals surface area (Å²) in [5, 5.41) is 76.3. The van der Waals surface area contributed by atoms with Gasteiger partial charge in [-0.3, -0.25) is 72.3 Å². The van der Waals surface area contributed by atoms with Crippen molar-refractivity contribution in [2.75, 3.05) is 33.8 Å². The number of benzene rings is 1. The zero-order valence-corrected chi connectivity index (χ0v) is 65.9. The van der Waals surface area contributed by atoms with Crippen molar-refractivity contribution in [3.05, 3.63) is 29.8 Å². The van der Waals surface area contributed by atoms with E-state index in [2.05, 4.69) is 52.5 Å². The van der Waals surface area contributed by atoms with Gasteiger partial charge >= 0.3 is 5.97 Å². The normalized spacial score (nSPS) is 23.4. The lowest BCUT2D eigenvalue weighted by Gasteiger charge is -2.39. The number of aliphatic hydroxyl groups is 4. The number of fused-ring (bicyclic) bond motifs is 1. The van der Waals surface area contributed by atoms with Crippen LogP contribution in [0.4, 0.5) is 0 Å². The largest absolute Gasteiger partial charge is 0.508 e. The van der Waals surface area contributed by atoms with Gasteiger partial charge in [0.05, 0.1) is 30.6 Å². The molecular weight excluding hydrogens is 1470 g/mol. The zero-order chi connectivity index (χ0) is 84.9. The molecule has 40 heteroatoms. The van der Waals surface area contributed by atoms with Crippen LogP contribution in [0, 0.1) is 35.5 Å². The van der Waals surface area contributed by atoms with Crippen LogP contribution >= 0.6 is 0 Å². The molecule has 13 amide bonds. The molecule has 630 valence electrons. The number of nitrogens with one attached hydrogen (secondary N) is 8. The number of hydrogen-bond acceptors (Lipinski definition) is 23. The fraction of sp³-hybridized carbons (Fsp3) is 0.694. The lowest BCUT2D eigenvalue weighted by atomic mass is 9.85. The average Bonchev–Trinajstić information content (AvgIpc) is 0.789. The summed E-state index contributed by atoms with van der Waals surface area (Å²) in [6, 6.07) is -13.0. The third kappa shape index (κ3) is 29.6. The van der Waals surface area contributed by atoms with Gasteiger partial charge in [-0.05, 0) is 119 Å². The Morgan fingerprint density at radius 2 is 1.27 bits per heavy atom. The molecule has 3 rings (SSSR count). The number of methoxy groups -OCH3 is 1. The van der Waals surface area contributed by atoms with Gasteiger partial charge in [0, 0.05) is 46.1 Å².